The van der Waals surface area contributed by atoms with E-state index in [1.165, 1.54) is 6.42 Å². The largest absolute Gasteiger partial charge is 0.393 e. The Morgan fingerprint density at radius 2 is 2.27 bits per heavy atom. The smallest absolute Gasteiger partial charge is 0.0810 e. The van der Waals surface area contributed by atoms with Crippen molar-refractivity contribution in [3.8, 4) is 0 Å². The molecular formula is C9H18O2. The lowest BCUT2D eigenvalue weighted by molar-refractivity contribution is 0.145. The van der Waals surface area contributed by atoms with E-state index in [1.807, 2.05) is 0 Å². The van der Waals surface area contributed by atoms with Crippen molar-refractivity contribution in [3.63, 3.8) is 0 Å². The Hall–Kier alpha value is -0.0800. The zero-order chi connectivity index (χ0) is 8.10. The van der Waals surface area contributed by atoms with Gasteiger partial charge in [0.15, 0.2) is 0 Å². The van der Waals surface area contributed by atoms with Crippen molar-refractivity contribution in [2.45, 2.75) is 51.2 Å². The topological polar surface area (TPSA) is 32.8 Å². The molecule has 0 radical (unpaired) electrons. The summed E-state index contributed by atoms with van der Waals surface area (Å²) in [4.78, 5) is 0. The van der Waals surface area contributed by atoms with Gasteiger partial charge in [-0.2, -0.15) is 0 Å². The molecule has 0 saturated carbocycles. The first-order chi connectivity index (χ1) is 5.33. The second-order valence-corrected chi connectivity index (χ2v) is 3.33. The van der Waals surface area contributed by atoms with E-state index < -0.39 is 0 Å². The predicted octanol–water partition coefficient (Wildman–Crippen LogP) is 1.72. The van der Waals surface area contributed by atoms with Crippen molar-refractivity contribution in [1.82, 2.24) is 0 Å². The van der Waals surface area contributed by atoms with Gasteiger partial charge in [0.2, 0.25) is 0 Å². The van der Waals surface area contributed by atoms with Crippen LogP contribution in [0.4, 0.5) is 0 Å². The van der Waals surface area contributed by atoms with Crippen LogP contribution in [0, 0.1) is 0 Å². The summed E-state index contributed by atoms with van der Waals surface area (Å²) < 4.78 is 5.05. The second-order valence-electron chi connectivity index (χ2n) is 3.33. The van der Waals surface area contributed by atoms with E-state index in [-0.39, 0.29) is 6.10 Å². The van der Waals surface area contributed by atoms with Gasteiger partial charge in [0.05, 0.1) is 18.8 Å². The maximum atomic E-state index is 9.40. The van der Waals surface area contributed by atoms with Gasteiger partial charge in [-0.1, -0.05) is 19.8 Å². The van der Waals surface area contributed by atoms with Crippen LogP contribution in [0.1, 0.15) is 39.0 Å². The van der Waals surface area contributed by atoms with Gasteiger partial charge >= 0.3 is 0 Å². The number of epoxide rings is 1. The molecule has 2 atom stereocenters. The Morgan fingerprint density at radius 3 is 2.82 bits per heavy atom. The van der Waals surface area contributed by atoms with E-state index in [0.29, 0.717) is 6.10 Å². The summed E-state index contributed by atoms with van der Waals surface area (Å²) >= 11 is 0. The molecule has 0 bridgehead atoms. The van der Waals surface area contributed by atoms with Crippen molar-refractivity contribution in [3.05, 3.63) is 0 Å². The van der Waals surface area contributed by atoms with Gasteiger partial charge in [-0.25, -0.2) is 0 Å². The number of hydrogen-bond donors (Lipinski definition) is 1. The fourth-order valence-corrected chi connectivity index (χ4v) is 1.20. The summed E-state index contributed by atoms with van der Waals surface area (Å²) in [6.45, 7) is 3.07. The lowest BCUT2D eigenvalue weighted by atomic mass is 10.1. The van der Waals surface area contributed by atoms with Gasteiger partial charge in [-0.15, -0.1) is 0 Å². The van der Waals surface area contributed by atoms with Gasteiger partial charge in [0.25, 0.3) is 0 Å². The van der Waals surface area contributed by atoms with Gasteiger partial charge in [0.1, 0.15) is 0 Å². The maximum Gasteiger partial charge on any atom is 0.0810 e. The molecule has 1 heterocycles. The Morgan fingerprint density at radius 1 is 1.55 bits per heavy atom. The average Bonchev–Trinajstić information content (AvgIpc) is 2.80. The highest BCUT2D eigenvalue weighted by Crippen LogP contribution is 2.18. The Balaban J connectivity index is 1.87. The first-order valence-corrected chi connectivity index (χ1v) is 4.62. The van der Waals surface area contributed by atoms with Crippen molar-refractivity contribution in [1.29, 1.82) is 0 Å². The molecule has 2 heteroatoms. The Labute approximate surface area is 68.6 Å². The highest BCUT2D eigenvalue weighted by molar-refractivity contribution is 4.70. The van der Waals surface area contributed by atoms with Gasteiger partial charge in [0, 0.05) is 0 Å². The first kappa shape index (κ1) is 9.01. The van der Waals surface area contributed by atoms with Crippen LogP contribution >= 0.6 is 0 Å². The third-order valence-electron chi connectivity index (χ3n) is 2.12. The number of unbranched alkanes of at least 4 members (excludes halogenated alkanes) is 1. The molecule has 1 rings (SSSR count). The van der Waals surface area contributed by atoms with Gasteiger partial charge < -0.3 is 9.84 Å². The number of rotatable bonds is 6. The van der Waals surface area contributed by atoms with Crippen molar-refractivity contribution >= 4 is 0 Å². The van der Waals surface area contributed by atoms with Crippen LogP contribution in [0.25, 0.3) is 0 Å². The molecular weight excluding hydrogens is 140 g/mol. The first-order valence-electron chi connectivity index (χ1n) is 4.62. The predicted molar refractivity (Wildman–Crippen MR) is 44.5 cm³/mol. The van der Waals surface area contributed by atoms with Crippen LogP contribution in [-0.4, -0.2) is 23.9 Å². The molecule has 2 unspecified atom stereocenters. The van der Waals surface area contributed by atoms with Crippen LogP contribution in [0.3, 0.4) is 0 Å². The molecule has 11 heavy (non-hydrogen) atoms. The van der Waals surface area contributed by atoms with E-state index in [0.717, 1.165) is 32.3 Å². The third-order valence-corrected chi connectivity index (χ3v) is 2.12. The second kappa shape index (κ2) is 4.73. The highest BCUT2D eigenvalue weighted by Gasteiger charge is 2.22. The van der Waals surface area contributed by atoms with Crippen molar-refractivity contribution < 1.29 is 9.84 Å². The zero-order valence-electron chi connectivity index (χ0n) is 7.25. The van der Waals surface area contributed by atoms with Crippen LogP contribution in [0.5, 0.6) is 0 Å². The molecule has 1 aliphatic heterocycles. The highest BCUT2D eigenvalue weighted by atomic mass is 16.6. The molecule has 0 aliphatic carbocycles. The quantitative estimate of drug-likeness (QED) is 0.597. The number of aliphatic hydroxyl groups excluding tert-OH is 1. The minimum absolute atomic E-state index is 0.0841. The molecule has 2 nitrogen and oxygen atoms in total. The Bertz CT molecular complexity index is 99.7. The van der Waals surface area contributed by atoms with E-state index in [9.17, 15) is 5.11 Å². The van der Waals surface area contributed by atoms with Gasteiger partial charge in [-0.05, 0) is 19.3 Å². The molecule has 66 valence electrons. The van der Waals surface area contributed by atoms with Crippen LogP contribution in [0.15, 0.2) is 0 Å². The van der Waals surface area contributed by atoms with Gasteiger partial charge in [-0.3, -0.25) is 0 Å². The zero-order valence-corrected chi connectivity index (χ0v) is 7.25. The number of ether oxygens (including phenoxy) is 1. The summed E-state index contributed by atoms with van der Waals surface area (Å²) in [5.41, 5.74) is 0. The SMILES string of the molecule is CCCCC(O)CCC1CO1. The lowest BCUT2D eigenvalue weighted by Crippen LogP contribution is -2.07. The molecule has 0 amide bonds. The van der Waals surface area contributed by atoms with Crippen molar-refractivity contribution in [2.75, 3.05) is 6.61 Å². The molecule has 1 fully saturated rings. The third kappa shape index (κ3) is 4.38. The fraction of sp³-hybridized carbons (Fsp3) is 1.00. The number of aliphatic hydroxyl groups is 1. The summed E-state index contributed by atoms with van der Waals surface area (Å²) in [6, 6.07) is 0. The molecule has 1 N–H and O–H groups in total. The van der Waals surface area contributed by atoms with Crippen LogP contribution in [0.2, 0.25) is 0 Å². The summed E-state index contributed by atoms with van der Waals surface area (Å²) in [7, 11) is 0. The lowest BCUT2D eigenvalue weighted by Gasteiger charge is -2.07. The van der Waals surface area contributed by atoms with E-state index in [2.05, 4.69) is 6.92 Å². The standard InChI is InChI=1S/C9H18O2/c1-2-3-4-8(10)5-6-9-7-11-9/h8-10H,2-7H2,1H3. The molecule has 1 aliphatic rings. The van der Waals surface area contributed by atoms with Crippen LogP contribution < -0.4 is 0 Å². The Kier molecular flexibility index (Phi) is 3.87. The normalized spacial score (nSPS) is 25.1. The summed E-state index contributed by atoms with van der Waals surface area (Å²) in [6.07, 6.45) is 5.65. The van der Waals surface area contributed by atoms with E-state index in [1.54, 1.807) is 0 Å². The van der Waals surface area contributed by atoms with E-state index >= 15 is 0 Å². The van der Waals surface area contributed by atoms with Crippen molar-refractivity contribution in [2.24, 2.45) is 0 Å². The average molecular weight is 158 g/mol. The minimum atomic E-state index is -0.0841. The minimum Gasteiger partial charge on any atom is -0.393 e. The molecule has 0 aromatic heterocycles. The van der Waals surface area contributed by atoms with E-state index in [4.69, 9.17) is 4.74 Å². The summed E-state index contributed by atoms with van der Waals surface area (Å²) in [5, 5.41) is 9.40. The number of hydrogen-bond acceptors (Lipinski definition) is 2. The maximum absolute atomic E-state index is 9.40. The molecule has 0 aromatic rings. The van der Waals surface area contributed by atoms with Crippen LogP contribution in [-0.2, 0) is 4.74 Å². The molecule has 0 spiro atoms. The monoisotopic (exact) mass is 158 g/mol. The molecule has 1 saturated heterocycles. The fourth-order valence-electron chi connectivity index (χ4n) is 1.20. The molecule has 0 aromatic carbocycles. The summed E-state index contributed by atoms with van der Waals surface area (Å²) in [5.74, 6) is 0.